The van der Waals surface area contributed by atoms with Crippen molar-refractivity contribution in [3.63, 3.8) is 0 Å². The third kappa shape index (κ3) is 7.34. The van der Waals surface area contributed by atoms with Crippen LogP contribution in [0.2, 0.25) is 0 Å². The third-order valence-electron chi connectivity index (χ3n) is 2.54. The zero-order chi connectivity index (χ0) is 10.8. The Morgan fingerprint density at radius 1 is 1.21 bits per heavy atom. The van der Waals surface area contributed by atoms with Crippen molar-refractivity contribution in [1.82, 2.24) is 5.32 Å². The molecule has 0 saturated carbocycles. The number of likely N-dealkylation sites (N-methyl/N-ethyl adjacent to an activating group) is 1. The molecule has 1 N–H and O–H groups in total. The van der Waals surface area contributed by atoms with E-state index in [0.717, 1.165) is 32.1 Å². The Morgan fingerprint density at radius 2 is 1.93 bits per heavy atom. The summed E-state index contributed by atoms with van der Waals surface area (Å²) in [5.74, 6) is 0.796. The van der Waals surface area contributed by atoms with E-state index in [1.807, 2.05) is 0 Å². The molecule has 0 aromatic heterocycles. The Morgan fingerprint density at radius 3 is 2.43 bits per heavy atom. The molecule has 2 heteroatoms. The monoisotopic (exact) mass is 201 g/mol. The summed E-state index contributed by atoms with van der Waals surface area (Å²) in [5, 5.41) is 3.48. The molecule has 2 atom stereocenters. The quantitative estimate of drug-likeness (QED) is 0.579. The van der Waals surface area contributed by atoms with Gasteiger partial charge in [-0.2, -0.15) is 0 Å². The van der Waals surface area contributed by atoms with Crippen molar-refractivity contribution in [2.75, 3.05) is 19.8 Å². The molecule has 0 radical (unpaired) electrons. The van der Waals surface area contributed by atoms with E-state index >= 15 is 0 Å². The normalized spacial score (nSPS) is 15.4. The smallest absolute Gasteiger partial charge is 0.0619 e. The molecule has 0 aliphatic carbocycles. The summed E-state index contributed by atoms with van der Waals surface area (Å²) in [6.07, 6.45) is 3.60. The molecular weight excluding hydrogens is 174 g/mol. The van der Waals surface area contributed by atoms with Crippen molar-refractivity contribution in [3.05, 3.63) is 0 Å². The zero-order valence-electron chi connectivity index (χ0n) is 10.3. The molecule has 0 aliphatic heterocycles. The van der Waals surface area contributed by atoms with Crippen molar-refractivity contribution < 1.29 is 4.74 Å². The first-order chi connectivity index (χ1) is 6.74. The van der Waals surface area contributed by atoms with Crippen LogP contribution in [0.5, 0.6) is 0 Å². The highest BCUT2D eigenvalue weighted by molar-refractivity contribution is 4.68. The first-order valence-corrected chi connectivity index (χ1v) is 6.05. The lowest BCUT2D eigenvalue weighted by Gasteiger charge is -2.20. The summed E-state index contributed by atoms with van der Waals surface area (Å²) in [6.45, 7) is 11.7. The second-order valence-electron chi connectivity index (χ2n) is 4.08. The fourth-order valence-electron chi connectivity index (χ4n) is 1.52. The summed E-state index contributed by atoms with van der Waals surface area (Å²) in [7, 11) is 0. The Hall–Kier alpha value is -0.0800. The van der Waals surface area contributed by atoms with E-state index in [-0.39, 0.29) is 0 Å². The van der Waals surface area contributed by atoms with Gasteiger partial charge in [0.1, 0.15) is 0 Å². The van der Waals surface area contributed by atoms with Crippen molar-refractivity contribution in [2.45, 2.75) is 53.0 Å². The van der Waals surface area contributed by atoms with Gasteiger partial charge in [0.2, 0.25) is 0 Å². The summed E-state index contributed by atoms with van der Waals surface area (Å²) < 4.78 is 5.58. The Bertz CT molecular complexity index is 117. The van der Waals surface area contributed by atoms with Crippen molar-refractivity contribution in [3.8, 4) is 0 Å². The van der Waals surface area contributed by atoms with E-state index in [1.54, 1.807) is 0 Å². The molecule has 2 nitrogen and oxygen atoms in total. The van der Waals surface area contributed by atoms with E-state index in [1.165, 1.54) is 12.8 Å². The highest BCUT2D eigenvalue weighted by atomic mass is 16.5. The van der Waals surface area contributed by atoms with Crippen LogP contribution >= 0.6 is 0 Å². The van der Waals surface area contributed by atoms with E-state index in [2.05, 4.69) is 33.0 Å². The number of ether oxygens (including phenoxy) is 1. The maximum absolute atomic E-state index is 5.58. The number of rotatable bonds is 9. The van der Waals surface area contributed by atoms with E-state index in [0.29, 0.717) is 6.04 Å². The molecule has 0 bridgehead atoms. The molecule has 2 unspecified atom stereocenters. The maximum atomic E-state index is 5.58. The van der Waals surface area contributed by atoms with Crippen molar-refractivity contribution >= 4 is 0 Å². The fraction of sp³-hybridized carbons (Fsp3) is 1.00. The van der Waals surface area contributed by atoms with Gasteiger partial charge in [-0.25, -0.2) is 0 Å². The highest BCUT2D eigenvalue weighted by Gasteiger charge is 2.10. The van der Waals surface area contributed by atoms with Crippen molar-refractivity contribution in [1.29, 1.82) is 0 Å². The molecule has 14 heavy (non-hydrogen) atoms. The topological polar surface area (TPSA) is 21.3 Å². The van der Waals surface area contributed by atoms with Crippen LogP contribution in [0.4, 0.5) is 0 Å². The van der Waals surface area contributed by atoms with E-state index in [4.69, 9.17) is 4.74 Å². The van der Waals surface area contributed by atoms with E-state index < -0.39 is 0 Å². The third-order valence-corrected chi connectivity index (χ3v) is 2.54. The fourth-order valence-corrected chi connectivity index (χ4v) is 1.52. The Kier molecular flexibility index (Phi) is 9.42. The number of hydrogen-bond acceptors (Lipinski definition) is 2. The van der Waals surface area contributed by atoms with Crippen LogP contribution in [0.25, 0.3) is 0 Å². The number of hydrogen-bond donors (Lipinski definition) is 1. The molecule has 0 fully saturated rings. The molecule has 0 amide bonds. The SMILES string of the molecule is CCCOCC(CC(C)CC)NCC. The molecule has 0 aromatic rings. The van der Waals surface area contributed by atoms with Gasteiger partial charge in [0.25, 0.3) is 0 Å². The van der Waals surface area contributed by atoms with Crippen LogP contribution in [-0.2, 0) is 4.74 Å². The molecule has 0 rings (SSSR count). The molecule has 0 spiro atoms. The highest BCUT2D eigenvalue weighted by Crippen LogP contribution is 2.10. The maximum Gasteiger partial charge on any atom is 0.0619 e. The molecule has 0 heterocycles. The lowest BCUT2D eigenvalue weighted by Crippen LogP contribution is -2.35. The minimum Gasteiger partial charge on any atom is -0.380 e. The average Bonchev–Trinajstić information content (AvgIpc) is 2.18. The van der Waals surface area contributed by atoms with Gasteiger partial charge < -0.3 is 10.1 Å². The second-order valence-corrected chi connectivity index (χ2v) is 4.08. The van der Waals surface area contributed by atoms with Crippen LogP contribution in [0.15, 0.2) is 0 Å². The van der Waals surface area contributed by atoms with Gasteiger partial charge in [-0.3, -0.25) is 0 Å². The van der Waals surface area contributed by atoms with Crippen molar-refractivity contribution in [2.24, 2.45) is 5.92 Å². The lowest BCUT2D eigenvalue weighted by atomic mass is 10.00. The molecule has 0 aromatic carbocycles. The Labute approximate surface area is 89.4 Å². The van der Waals surface area contributed by atoms with Crippen LogP contribution in [-0.4, -0.2) is 25.8 Å². The number of nitrogens with one attached hydrogen (secondary N) is 1. The standard InChI is InChI=1S/C12H27NO/c1-5-8-14-10-12(13-7-3)9-11(4)6-2/h11-13H,5-10H2,1-4H3. The average molecular weight is 201 g/mol. The molecular formula is C12H27NO. The predicted octanol–water partition coefficient (Wildman–Crippen LogP) is 2.83. The van der Waals surface area contributed by atoms with Gasteiger partial charge in [0.05, 0.1) is 6.61 Å². The first kappa shape index (κ1) is 13.9. The van der Waals surface area contributed by atoms with Crippen LogP contribution in [0, 0.1) is 5.92 Å². The zero-order valence-corrected chi connectivity index (χ0v) is 10.3. The molecule has 0 aliphatic rings. The molecule has 0 saturated heterocycles. The molecule has 86 valence electrons. The van der Waals surface area contributed by atoms with Gasteiger partial charge in [-0.05, 0) is 25.3 Å². The summed E-state index contributed by atoms with van der Waals surface area (Å²) in [6, 6.07) is 0.543. The van der Waals surface area contributed by atoms with E-state index in [9.17, 15) is 0 Å². The lowest BCUT2D eigenvalue weighted by molar-refractivity contribution is 0.105. The van der Waals surface area contributed by atoms with Crippen LogP contribution in [0.1, 0.15) is 47.0 Å². The largest absolute Gasteiger partial charge is 0.380 e. The minimum atomic E-state index is 0.543. The van der Waals surface area contributed by atoms with Crippen LogP contribution < -0.4 is 5.32 Å². The second kappa shape index (κ2) is 9.47. The van der Waals surface area contributed by atoms with Gasteiger partial charge in [-0.15, -0.1) is 0 Å². The van der Waals surface area contributed by atoms with Gasteiger partial charge in [-0.1, -0.05) is 34.1 Å². The minimum absolute atomic E-state index is 0.543. The summed E-state index contributed by atoms with van der Waals surface area (Å²) >= 11 is 0. The van der Waals surface area contributed by atoms with Gasteiger partial charge in [0.15, 0.2) is 0 Å². The van der Waals surface area contributed by atoms with Gasteiger partial charge in [0, 0.05) is 12.6 Å². The van der Waals surface area contributed by atoms with Crippen LogP contribution in [0.3, 0.4) is 0 Å². The van der Waals surface area contributed by atoms with Gasteiger partial charge >= 0.3 is 0 Å². The predicted molar refractivity (Wildman–Crippen MR) is 62.6 cm³/mol. The summed E-state index contributed by atoms with van der Waals surface area (Å²) in [4.78, 5) is 0. The summed E-state index contributed by atoms with van der Waals surface area (Å²) in [5.41, 5.74) is 0. The Balaban J connectivity index is 3.65. The first-order valence-electron chi connectivity index (χ1n) is 6.05.